The number of nitrogens with zero attached hydrogens (tertiary/aromatic N) is 3. The molecule has 2 aromatic rings. The van der Waals surface area contributed by atoms with Crippen LogP contribution in [-0.2, 0) is 12.4 Å². The highest BCUT2D eigenvalue weighted by molar-refractivity contribution is 6.16. The molecule has 1 saturated carbocycles. The molecule has 1 atom stereocenters. The molecule has 0 spiro atoms. The maximum Gasteiger partial charge on any atom is 0.160 e. The van der Waals surface area contributed by atoms with Crippen LogP contribution in [-0.4, -0.2) is 14.5 Å². The number of hydrogen-bond donors (Lipinski definition) is 0. The smallest absolute Gasteiger partial charge is 0.160 e. The van der Waals surface area contributed by atoms with Crippen molar-refractivity contribution in [1.82, 2.24) is 14.5 Å². The van der Waals surface area contributed by atoms with Gasteiger partial charge >= 0.3 is 0 Å². The summed E-state index contributed by atoms with van der Waals surface area (Å²) >= 11 is 5.97. The first-order valence-electron chi connectivity index (χ1n) is 6.15. The Morgan fingerprint density at radius 2 is 2.35 bits per heavy atom. The predicted octanol–water partition coefficient (Wildman–Crippen LogP) is 3.22. The van der Waals surface area contributed by atoms with Crippen molar-refractivity contribution in [2.45, 2.75) is 32.2 Å². The molecule has 0 amide bonds. The van der Waals surface area contributed by atoms with Crippen molar-refractivity contribution in [3.05, 3.63) is 24.2 Å². The van der Waals surface area contributed by atoms with Gasteiger partial charge in [-0.15, -0.1) is 11.6 Å². The fourth-order valence-electron chi connectivity index (χ4n) is 2.40. The minimum Gasteiger partial charge on any atom is -0.311 e. The van der Waals surface area contributed by atoms with Crippen LogP contribution in [0.15, 0.2) is 18.3 Å². The first-order valence-corrected chi connectivity index (χ1v) is 6.69. The summed E-state index contributed by atoms with van der Waals surface area (Å²) in [4.78, 5) is 8.96. The second-order valence-corrected chi connectivity index (χ2v) is 5.20. The molecule has 3 nitrogen and oxygen atoms in total. The summed E-state index contributed by atoms with van der Waals surface area (Å²) in [6, 6.07) is 3.92. The molecule has 0 saturated heterocycles. The van der Waals surface area contributed by atoms with E-state index < -0.39 is 0 Å². The number of alkyl halides is 1. The van der Waals surface area contributed by atoms with Gasteiger partial charge in [0.2, 0.25) is 0 Å². The quantitative estimate of drug-likeness (QED) is 0.779. The van der Waals surface area contributed by atoms with Gasteiger partial charge in [0, 0.05) is 12.7 Å². The fourth-order valence-corrected chi connectivity index (χ4v) is 2.61. The van der Waals surface area contributed by atoms with Crippen LogP contribution in [0.3, 0.4) is 0 Å². The monoisotopic (exact) mass is 249 g/mol. The maximum absolute atomic E-state index is 5.97. The highest BCUT2D eigenvalue weighted by Gasteiger charge is 2.28. The number of pyridine rings is 1. The Kier molecular flexibility index (Phi) is 2.79. The lowest BCUT2D eigenvalue weighted by Gasteiger charge is -2.13. The SMILES string of the molecule is CC(Cn1c(CCl)nc2cccnc21)C1CC1. The first kappa shape index (κ1) is 11.0. The van der Waals surface area contributed by atoms with Crippen LogP contribution >= 0.6 is 11.6 Å². The number of aromatic nitrogens is 3. The van der Waals surface area contributed by atoms with E-state index in [1.807, 2.05) is 18.3 Å². The van der Waals surface area contributed by atoms with Gasteiger partial charge in [-0.2, -0.15) is 0 Å². The van der Waals surface area contributed by atoms with E-state index in [4.69, 9.17) is 11.6 Å². The molecule has 1 aliphatic carbocycles. The van der Waals surface area contributed by atoms with E-state index in [1.165, 1.54) is 12.8 Å². The van der Waals surface area contributed by atoms with Crippen molar-refractivity contribution in [1.29, 1.82) is 0 Å². The summed E-state index contributed by atoms with van der Waals surface area (Å²) < 4.78 is 2.19. The van der Waals surface area contributed by atoms with Crippen molar-refractivity contribution in [3.8, 4) is 0 Å². The average molecular weight is 250 g/mol. The summed E-state index contributed by atoms with van der Waals surface area (Å²) in [5.74, 6) is 2.97. The van der Waals surface area contributed by atoms with Gasteiger partial charge in [-0.1, -0.05) is 6.92 Å². The molecule has 0 bridgehead atoms. The second-order valence-electron chi connectivity index (χ2n) is 4.93. The number of rotatable bonds is 4. The van der Waals surface area contributed by atoms with E-state index in [-0.39, 0.29) is 0 Å². The molecule has 0 radical (unpaired) electrons. The Balaban J connectivity index is 1.99. The van der Waals surface area contributed by atoms with Crippen LogP contribution in [0.5, 0.6) is 0 Å². The van der Waals surface area contributed by atoms with Crippen LogP contribution in [0.2, 0.25) is 0 Å². The molecule has 4 heteroatoms. The number of hydrogen-bond acceptors (Lipinski definition) is 2. The van der Waals surface area contributed by atoms with E-state index in [0.717, 1.165) is 29.5 Å². The normalized spacial score (nSPS) is 17.5. The van der Waals surface area contributed by atoms with Gasteiger partial charge in [-0.3, -0.25) is 0 Å². The predicted molar refractivity (Wildman–Crippen MR) is 69.0 cm³/mol. The van der Waals surface area contributed by atoms with Crippen LogP contribution in [0, 0.1) is 11.8 Å². The lowest BCUT2D eigenvalue weighted by molar-refractivity contribution is 0.429. The van der Waals surface area contributed by atoms with Crippen LogP contribution in [0.4, 0.5) is 0 Å². The molecule has 3 rings (SSSR count). The molecule has 2 heterocycles. The van der Waals surface area contributed by atoms with Gasteiger partial charge in [0.25, 0.3) is 0 Å². The van der Waals surface area contributed by atoms with Crippen LogP contribution < -0.4 is 0 Å². The van der Waals surface area contributed by atoms with Crippen molar-refractivity contribution in [2.24, 2.45) is 11.8 Å². The molecule has 0 aromatic carbocycles. The molecule has 2 aromatic heterocycles. The third-order valence-corrected chi connectivity index (χ3v) is 3.84. The molecule has 1 fully saturated rings. The van der Waals surface area contributed by atoms with Crippen LogP contribution in [0.25, 0.3) is 11.2 Å². The van der Waals surface area contributed by atoms with Gasteiger partial charge in [0.15, 0.2) is 5.65 Å². The summed E-state index contributed by atoms with van der Waals surface area (Å²) in [5.41, 5.74) is 1.92. The Morgan fingerprint density at radius 1 is 1.53 bits per heavy atom. The van der Waals surface area contributed by atoms with Crippen molar-refractivity contribution < 1.29 is 0 Å². The molecule has 0 N–H and O–H groups in total. The number of fused-ring (bicyclic) bond motifs is 1. The highest BCUT2D eigenvalue weighted by atomic mass is 35.5. The third kappa shape index (κ3) is 2.04. The topological polar surface area (TPSA) is 30.7 Å². The molecule has 90 valence electrons. The zero-order chi connectivity index (χ0) is 11.8. The highest BCUT2D eigenvalue weighted by Crippen LogP contribution is 2.37. The first-order chi connectivity index (χ1) is 8.29. The fraction of sp³-hybridized carbons (Fsp3) is 0.538. The number of halogens is 1. The van der Waals surface area contributed by atoms with Crippen molar-refractivity contribution >= 4 is 22.8 Å². The standard InChI is InChI=1S/C13H16ClN3/c1-9(10-4-5-10)8-17-12(7-14)16-11-3-2-6-15-13(11)17/h2-3,6,9-10H,4-5,7-8H2,1H3. The zero-order valence-electron chi connectivity index (χ0n) is 9.93. The van der Waals surface area contributed by atoms with Gasteiger partial charge < -0.3 is 4.57 Å². The molecule has 1 aliphatic rings. The summed E-state index contributed by atoms with van der Waals surface area (Å²) in [6.07, 6.45) is 4.56. The second kappa shape index (κ2) is 4.30. The Labute approximate surface area is 106 Å². The summed E-state index contributed by atoms with van der Waals surface area (Å²) in [6.45, 7) is 3.30. The van der Waals surface area contributed by atoms with Gasteiger partial charge in [-0.05, 0) is 36.8 Å². The average Bonchev–Trinajstić information content (AvgIpc) is 3.14. The minimum absolute atomic E-state index is 0.452. The van der Waals surface area contributed by atoms with Gasteiger partial charge in [-0.25, -0.2) is 9.97 Å². The summed E-state index contributed by atoms with van der Waals surface area (Å²) in [5, 5.41) is 0. The van der Waals surface area contributed by atoms with E-state index in [1.54, 1.807) is 0 Å². The maximum atomic E-state index is 5.97. The van der Waals surface area contributed by atoms with Crippen LogP contribution in [0.1, 0.15) is 25.6 Å². The summed E-state index contributed by atoms with van der Waals surface area (Å²) in [7, 11) is 0. The van der Waals surface area contributed by atoms with Crippen molar-refractivity contribution in [2.75, 3.05) is 0 Å². The van der Waals surface area contributed by atoms with E-state index in [9.17, 15) is 0 Å². The largest absolute Gasteiger partial charge is 0.311 e. The van der Waals surface area contributed by atoms with Gasteiger partial charge in [0.05, 0.1) is 5.88 Å². The van der Waals surface area contributed by atoms with E-state index >= 15 is 0 Å². The van der Waals surface area contributed by atoms with Gasteiger partial charge in [0.1, 0.15) is 11.3 Å². The number of imidazole rings is 1. The zero-order valence-corrected chi connectivity index (χ0v) is 10.7. The van der Waals surface area contributed by atoms with E-state index in [0.29, 0.717) is 11.8 Å². The Morgan fingerprint density at radius 3 is 3.06 bits per heavy atom. The molecule has 0 aliphatic heterocycles. The third-order valence-electron chi connectivity index (χ3n) is 3.60. The Hall–Kier alpha value is -1.09. The molecular formula is C13H16ClN3. The van der Waals surface area contributed by atoms with E-state index in [2.05, 4.69) is 21.5 Å². The van der Waals surface area contributed by atoms with Crippen molar-refractivity contribution in [3.63, 3.8) is 0 Å². The lowest BCUT2D eigenvalue weighted by atomic mass is 10.1. The Bertz CT molecular complexity index is 530. The lowest BCUT2D eigenvalue weighted by Crippen LogP contribution is -2.12. The molecule has 17 heavy (non-hydrogen) atoms. The molecule has 1 unspecified atom stereocenters. The minimum atomic E-state index is 0.452. The molecular weight excluding hydrogens is 234 g/mol.